The lowest BCUT2D eigenvalue weighted by Gasteiger charge is -2.36. The fourth-order valence-corrected chi connectivity index (χ4v) is 5.78. The Kier molecular flexibility index (Phi) is 10.2. The lowest BCUT2D eigenvalue weighted by Crippen LogP contribution is -2.31. The molecule has 36 heavy (non-hydrogen) atoms. The molecule has 0 radical (unpaired) electrons. The van der Waals surface area contributed by atoms with E-state index in [-0.39, 0.29) is 11.7 Å². The van der Waals surface area contributed by atoms with Crippen LogP contribution < -0.4 is 0 Å². The molecule has 0 saturated carbocycles. The van der Waals surface area contributed by atoms with E-state index in [1.165, 1.54) is 33.4 Å². The van der Waals surface area contributed by atoms with E-state index in [0.29, 0.717) is 12.8 Å². The van der Waals surface area contributed by atoms with Gasteiger partial charge in [-0.25, -0.2) is 9.59 Å². The molecule has 0 aliphatic carbocycles. The van der Waals surface area contributed by atoms with Crippen molar-refractivity contribution in [3.8, 4) is 0 Å². The predicted octanol–water partition coefficient (Wildman–Crippen LogP) is 5.95. The Balaban J connectivity index is 1.98. The number of rotatable bonds is 13. The predicted molar refractivity (Wildman–Crippen MR) is 155 cm³/mol. The lowest BCUT2D eigenvalue weighted by molar-refractivity contribution is -0.137. The topological polar surface area (TPSA) is 74.6 Å². The summed E-state index contributed by atoms with van der Waals surface area (Å²) in [5.41, 5.74) is 3.08. The van der Waals surface area contributed by atoms with Crippen LogP contribution in [0.1, 0.15) is 48.8 Å². The first-order valence-electron chi connectivity index (χ1n) is 11.8. The number of thiol groups is 2. The third-order valence-electron chi connectivity index (χ3n) is 6.40. The maximum Gasteiger partial charge on any atom is 0.386 e. The molecule has 0 aliphatic heterocycles. The summed E-state index contributed by atoms with van der Waals surface area (Å²) < 4.78 is -1.41. The summed E-state index contributed by atoms with van der Waals surface area (Å²) in [6.07, 6.45) is 2.98. The van der Waals surface area contributed by atoms with Crippen molar-refractivity contribution >= 4 is 53.9 Å². The Morgan fingerprint density at radius 1 is 0.750 bits per heavy atom. The number of aliphatic carboxylic acids is 2. The minimum Gasteiger partial charge on any atom is -0.480 e. The first-order chi connectivity index (χ1) is 17.3. The maximum atomic E-state index is 11.4. The highest BCUT2D eigenvalue weighted by Gasteiger charge is 2.38. The van der Waals surface area contributed by atoms with Crippen molar-refractivity contribution in [1.82, 2.24) is 0 Å². The Morgan fingerprint density at radius 2 is 1.19 bits per heavy atom. The number of carboxylic acid groups (broad SMARTS) is 2. The SMILES string of the molecule is O=C(O)C=[S+]C(CCCC(S)(S)C(=O)O)CCC(c1ccccc1)(c1ccccc1)c1ccccc1. The molecule has 0 spiro atoms. The molecule has 2 N–H and O–H groups in total. The third kappa shape index (κ3) is 7.21. The highest BCUT2D eigenvalue weighted by Crippen LogP contribution is 2.43. The molecule has 4 nitrogen and oxygen atoms in total. The first-order valence-corrected chi connectivity index (χ1v) is 13.7. The molecular formula is C29H31O4S3+. The molecule has 188 valence electrons. The zero-order chi connectivity index (χ0) is 26.0. The number of carbonyl (C=O) groups is 2. The molecule has 0 aliphatic rings. The molecule has 3 aromatic carbocycles. The third-order valence-corrected chi connectivity index (χ3v) is 8.42. The van der Waals surface area contributed by atoms with Gasteiger partial charge in [0.15, 0.2) is 20.7 Å². The van der Waals surface area contributed by atoms with Crippen LogP contribution in [0.25, 0.3) is 0 Å². The largest absolute Gasteiger partial charge is 0.480 e. The average Bonchev–Trinajstić information content (AvgIpc) is 2.89. The highest BCUT2D eigenvalue weighted by molar-refractivity contribution is 8.01. The van der Waals surface area contributed by atoms with Crippen LogP contribution in [0.15, 0.2) is 91.0 Å². The van der Waals surface area contributed by atoms with Gasteiger partial charge in [0, 0.05) is 18.3 Å². The van der Waals surface area contributed by atoms with Gasteiger partial charge in [-0.3, -0.25) is 0 Å². The van der Waals surface area contributed by atoms with E-state index >= 15 is 0 Å². The zero-order valence-corrected chi connectivity index (χ0v) is 22.5. The van der Waals surface area contributed by atoms with Crippen molar-refractivity contribution in [2.24, 2.45) is 0 Å². The molecule has 0 heterocycles. The second-order valence-electron chi connectivity index (χ2n) is 8.77. The van der Waals surface area contributed by atoms with Crippen molar-refractivity contribution in [1.29, 1.82) is 0 Å². The van der Waals surface area contributed by atoms with Gasteiger partial charge in [0.25, 0.3) is 5.37 Å². The van der Waals surface area contributed by atoms with Gasteiger partial charge in [-0.2, -0.15) is 25.3 Å². The molecule has 0 fully saturated rings. The number of hydrogen-bond donors (Lipinski definition) is 4. The minimum atomic E-state index is -1.41. The summed E-state index contributed by atoms with van der Waals surface area (Å²) in [5.74, 6) is -2.06. The standard InChI is InChI=1S/C29H30O4S3/c30-26(31)21-36-25(17-10-19-29(34,35)27(32)33)18-20-28(22-11-4-1-5-12-22,23-13-6-2-7-14-23)24-15-8-3-9-16-24/h1-9,11-16,21,25H,10,17-20H2,(H3-,30,31,32,33,34,35)/p+1. The summed E-state index contributed by atoms with van der Waals surface area (Å²) >= 11 is 9.63. The maximum absolute atomic E-state index is 11.4. The summed E-state index contributed by atoms with van der Waals surface area (Å²) in [4.78, 5) is 22.7. The number of hydrogen-bond acceptors (Lipinski definition) is 4. The normalized spacial score (nSPS) is 12.9. The molecule has 1 unspecified atom stereocenters. The smallest absolute Gasteiger partial charge is 0.386 e. The van der Waals surface area contributed by atoms with Crippen molar-refractivity contribution in [2.45, 2.75) is 46.8 Å². The number of carboxylic acids is 2. The Bertz CT molecular complexity index is 1050. The van der Waals surface area contributed by atoms with Gasteiger partial charge in [-0.15, -0.1) is 0 Å². The second kappa shape index (κ2) is 13.1. The molecule has 1 atom stereocenters. The van der Waals surface area contributed by atoms with E-state index in [1.54, 1.807) is 0 Å². The Morgan fingerprint density at radius 3 is 1.58 bits per heavy atom. The fourth-order valence-electron chi connectivity index (χ4n) is 4.60. The van der Waals surface area contributed by atoms with Crippen LogP contribution in [0.4, 0.5) is 0 Å². The molecule has 0 bridgehead atoms. The first kappa shape index (κ1) is 28.0. The molecule has 0 saturated heterocycles. The molecule has 0 amide bonds. The van der Waals surface area contributed by atoms with Crippen LogP contribution in [0.5, 0.6) is 0 Å². The minimum absolute atomic E-state index is 0.0112. The van der Waals surface area contributed by atoms with Crippen LogP contribution in [-0.2, 0) is 26.4 Å². The van der Waals surface area contributed by atoms with Gasteiger partial charge in [0.1, 0.15) is 0 Å². The summed E-state index contributed by atoms with van der Waals surface area (Å²) in [6, 6.07) is 31.2. The van der Waals surface area contributed by atoms with E-state index in [0.717, 1.165) is 12.8 Å². The molecule has 3 aromatic rings. The van der Waals surface area contributed by atoms with Gasteiger partial charge in [-0.05, 0) is 36.0 Å². The van der Waals surface area contributed by atoms with Crippen molar-refractivity contribution < 1.29 is 19.8 Å². The van der Waals surface area contributed by atoms with Crippen molar-refractivity contribution in [3.05, 3.63) is 108 Å². The Hall–Kier alpha value is -2.61. The summed E-state index contributed by atoms with van der Waals surface area (Å²) in [7, 11) is 0. The van der Waals surface area contributed by atoms with Gasteiger partial charge >= 0.3 is 11.9 Å². The van der Waals surface area contributed by atoms with E-state index in [4.69, 9.17) is 0 Å². The van der Waals surface area contributed by atoms with Gasteiger partial charge < -0.3 is 10.2 Å². The zero-order valence-electron chi connectivity index (χ0n) is 19.9. The van der Waals surface area contributed by atoms with E-state index in [1.807, 2.05) is 54.6 Å². The number of benzene rings is 3. The molecule has 7 heteroatoms. The average molecular weight is 540 g/mol. The van der Waals surface area contributed by atoms with Gasteiger partial charge in [0.05, 0.1) is 0 Å². The van der Waals surface area contributed by atoms with Crippen LogP contribution in [0, 0.1) is 0 Å². The lowest BCUT2D eigenvalue weighted by atomic mass is 9.66. The quantitative estimate of drug-likeness (QED) is 0.0712. The van der Waals surface area contributed by atoms with Crippen LogP contribution in [0.3, 0.4) is 0 Å². The fraction of sp³-hybridized carbons (Fsp3) is 0.276. The monoisotopic (exact) mass is 539 g/mol. The molecule has 0 aromatic heterocycles. The van der Waals surface area contributed by atoms with Crippen LogP contribution in [0.2, 0.25) is 0 Å². The van der Waals surface area contributed by atoms with Crippen molar-refractivity contribution in [3.63, 3.8) is 0 Å². The second-order valence-corrected chi connectivity index (χ2v) is 11.8. The van der Waals surface area contributed by atoms with Gasteiger partial charge in [-0.1, -0.05) is 91.0 Å². The van der Waals surface area contributed by atoms with Crippen LogP contribution in [-0.4, -0.2) is 36.8 Å². The molecular weight excluding hydrogens is 509 g/mol. The summed E-state index contributed by atoms with van der Waals surface area (Å²) in [5, 5.41) is 19.8. The van der Waals surface area contributed by atoms with E-state index < -0.39 is 21.4 Å². The van der Waals surface area contributed by atoms with Gasteiger partial charge in [0.2, 0.25) is 0 Å². The van der Waals surface area contributed by atoms with Crippen LogP contribution >= 0.6 is 25.3 Å². The van der Waals surface area contributed by atoms with E-state index in [2.05, 4.69) is 61.7 Å². The highest BCUT2D eigenvalue weighted by atomic mass is 32.2. The van der Waals surface area contributed by atoms with E-state index in [9.17, 15) is 19.8 Å². The summed E-state index contributed by atoms with van der Waals surface area (Å²) in [6.45, 7) is 0. The van der Waals surface area contributed by atoms with Crippen molar-refractivity contribution in [2.75, 3.05) is 0 Å². The molecule has 3 rings (SSSR count). The Labute approximate surface area is 227 Å².